The van der Waals surface area contributed by atoms with E-state index in [0.29, 0.717) is 5.56 Å². The van der Waals surface area contributed by atoms with Crippen LogP contribution in [-0.2, 0) is 9.53 Å². The van der Waals surface area contributed by atoms with Crippen molar-refractivity contribution in [2.24, 2.45) is 0 Å². The molecule has 126 valence electrons. The molecule has 24 heavy (non-hydrogen) atoms. The third kappa shape index (κ3) is 4.29. The fourth-order valence-electron chi connectivity index (χ4n) is 2.14. The summed E-state index contributed by atoms with van der Waals surface area (Å²) < 4.78 is 31.5. The van der Waals surface area contributed by atoms with Crippen molar-refractivity contribution in [3.8, 4) is 0 Å². The van der Waals surface area contributed by atoms with E-state index in [9.17, 15) is 18.4 Å². The van der Waals surface area contributed by atoms with Crippen LogP contribution >= 0.6 is 11.6 Å². The number of hydrogen-bond acceptors (Lipinski definition) is 3. The molecule has 0 fully saturated rings. The second-order valence-corrected chi connectivity index (χ2v) is 5.36. The first-order valence-electron chi connectivity index (χ1n) is 6.99. The molecule has 0 aliphatic rings. The van der Waals surface area contributed by atoms with Crippen LogP contribution in [0, 0.1) is 11.6 Å². The van der Waals surface area contributed by atoms with Gasteiger partial charge in [0.1, 0.15) is 11.6 Å². The van der Waals surface area contributed by atoms with Crippen molar-refractivity contribution in [3.05, 3.63) is 70.2 Å². The lowest BCUT2D eigenvalue weighted by molar-refractivity contribution is -0.141. The number of benzene rings is 2. The molecule has 0 heterocycles. The summed E-state index contributed by atoms with van der Waals surface area (Å²) in [6.45, 7) is 0. The van der Waals surface area contributed by atoms with Gasteiger partial charge in [-0.25, -0.2) is 8.78 Å². The highest BCUT2D eigenvalue weighted by Gasteiger charge is 2.23. The summed E-state index contributed by atoms with van der Waals surface area (Å²) in [6, 6.07) is 8.28. The molecule has 0 aliphatic carbocycles. The molecule has 0 saturated carbocycles. The number of rotatable bonds is 5. The highest BCUT2D eigenvalue weighted by atomic mass is 35.5. The summed E-state index contributed by atoms with van der Waals surface area (Å²) in [4.78, 5) is 23.9. The van der Waals surface area contributed by atoms with Gasteiger partial charge in [0.15, 0.2) is 0 Å². The molecule has 0 aromatic heterocycles. The van der Waals surface area contributed by atoms with Crippen LogP contribution in [0.2, 0.25) is 5.02 Å². The largest absolute Gasteiger partial charge is 0.469 e. The minimum atomic E-state index is -0.818. The number of carbonyl (C=O) groups excluding carboxylic acids is 2. The molecule has 0 radical (unpaired) electrons. The standard InChI is InChI=1S/C17H14ClF2NO3/c1-24-15(22)9-14(10-5-7-11(19)8-6-10)21-17(23)16-12(18)3-2-4-13(16)20/h2-8,14H,9H2,1H3,(H,21,23)/t14-/m1/s1. The number of methoxy groups -OCH3 is 1. The SMILES string of the molecule is COC(=O)C[C@@H](NC(=O)c1c(F)cccc1Cl)c1ccc(F)cc1. The van der Waals surface area contributed by atoms with Gasteiger partial charge >= 0.3 is 5.97 Å². The molecule has 1 atom stereocenters. The number of ether oxygens (including phenoxy) is 1. The summed E-state index contributed by atoms with van der Waals surface area (Å²) in [5.74, 6) is -2.60. The second kappa shape index (κ2) is 7.88. The van der Waals surface area contributed by atoms with E-state index in [1.165, 1.54) is 43.5 Å². The fourth-order valence-corrected chi connectivity index (χ4v) is 2.39. The van der Waals surface area contributed by atoms with Gasteiger partial charge in [0.2, 0.25) is 0 Å². The first-order chi connectivity index (χ1) is 11.4. The summed E-state index contributed by atoms with van der Waals surface area (Å²) >= 11 is 5.87. The molecule has 0 saturated heterocycles. The Bertz CT molecular complexity index is 730. The van der Waals surface area contributed by atoms with E-state index in [1.54, 1.807) is 0 Å². The highest BCUT2D eigenvalue weighted by Crippen LogP contribution is 2.22. The van der Waals surface area contributed by atoms with Crippen LogP contribution in [0.3, 0.4) is 0 Å². The Morgan fingerprint density at radius 3 is 2.42 bits per heavy atom. The second-order valence-electron chi connectivity index (χ2n) is 4.95. The van der Waals surface area contributed by atoms with Gasteiger partial charge in [-0.3, -0.25) is 9.59 Å². The molecule has 0 spiro atoms. The normalized spacial score (nSPS) is 11.7. The molecule has 1 amide bonds. The zero-order valence-corrected chi connectivity index (χ0v) is 13.4. The molecule has 2 aromatic rings. The predicted molar refractivity (Wildman–Crippen MR) is 84.7 cm³/mol. The molecule has 2 rings (SSSR count). The van der Waals surface area contributed by atoms with Gasteiger partial charge in [0, 0.05) is 0 Å². The lowest BCUT2D eigenvalue weighted by atomic mass is 10.0. The van der Waals surface area contributed by atoms with Crippen molar-refractivity contribution in [1.82, 2.24) is 5.32 Å². The first-order valence-corrected chi connectivity index (χ1v) is 7.37. The summed E-state index contributed by atoms with van der Waals surface area (Å²) in [6.07, 6.45) is -0.194. The Balaban J connectivity index is 2.29. The zero-order valence-electron chi connectivity index (χ0n) is 12.7. The van der Waals surface area contributed by atoms with Crippen LogP contribution in [0.15, 0.2) is 42.5 Å². The van der Waals surface area contributed by atoms with Crippen molar-refractivity contribution < 1.29 is 23.1 Å². The Morgan fingerprint density at radius 2 is 1.83 bits per heavy atom. The van der Waals surface area contributed by atoms with Crippen molar-refractivity contribution in [2.45, 2.75) is 12.5 Å². The Hall–Kier alpha value is -2.47. The quantitative estimate of drug-likeness (QED) is 0.835. The van der Waals surface area contributed by atoms with Gasteiger partial charge in [-0.05, 0) is 29.8 Å². The van der Waals surface area contributed by atoms with E-state index in [4.69, 9.17) is 11.6 Å². The zero-order chi connectivity index (χ0) is 17.7. The van der Waals surface area contributed by atoms with E-state index < -0.39 is 29.6 Å². The van der Waals surface area contributed by atoms with Crippen molar-refractivity contribution >= 4 is 23.5 Å². The minimum absolute atomic E-state index is 0.0524. The molecule has 0 unspecified atom stereocenters. The molecule has 1 N–H and O–H groups in total. The summed E-state index contributed by atoms with van der Waals surface area (Å²) in [5.41, 5.74) is 0.152. The number of carbonyl (C=O) groups is 2. The molecular weight excluding hydrogens is 340 g/mol. The van der Waals surface area contributed by atoms with Gasteiger partial charge in [0.05, 0.1) is 30.2 Å². The van der Waals surface area contributed by atoms with Crippen LogP contribution < -0.4 is 5.32 Å². The van der Waals surface area contributed by atoms with E-state index >= 15 is 0 Å². The highest BCUT2D eigenvalue weighted by molar-refractivity contribution is 6.33. The molecule has 0 bridgehead atoms. The summed E-state index contributed by atoms with van der Waals surface area (Å²) in [7, 11) is 1.21. The van der Waals surface area contributed by atoms with Crippen LogP contribution in [0.1, 0.15) is 28.4 Å². The summed E-state index contributed by atoms with van der Waals surface area (Å²) in [5, 5.41) is 2.48. The fraction of sp³-hybridized carbons (Fsp3) is 0.176. The minimum Gasteiger partial charge on any atom is -0.469 e. The predicted octanol–water partition coefficient (Wildman–Crippen LogP) is 3.65. The Labute approximate surface area is 142 Å². The van der Waals surface area contributed by atoms with Crippen molar-refractivity contribution in [2.75, 3.05) is 7.11 Å². The smallest absolute Gasteiger partial charge is 0.307 e. The number of halogens is 3. The topological polar surface area (TPSA) is 55.4 Å². The molecule has 7 heteroatoms. The van der Waals surface area contributed by atoms with Crippen molar-refractivity contribution in [3.63, 3.8) is 0 Å². The van der Waals surface area contributed by atoms with Crippen LogP contribution in [0.25, 0.3) is 0 Å². The van der Waals surface area contributed by atoms with Gasteiger partial charge in [-0.2, -0.15) is 0 Å². The maximum Gasteiger partial charge on any atom is 0.307 e. The van der Waals surface area contributed by atoms with Crippen LogP contribution in [0.4, 0.5) is 8.78 Å². The number of amides is 1. The number of hydrogen-bond donors (Lipinski definition) is 1. The average molecular weight is 354 g/mol. The maximum atomic E-state index is 13.8. The van der Waals surface area contributed by atoms with E-state index in [2.05, 4.69) is 10.1 Å². The van der Waals surface area contributed by atoms with Crippen LogP contribution in [-0.4, -0.2) is 19.0 Å². The lowest BCUT2D eigenvalue weighted by Crippen LogP contribution is -2.31. The maximum absolute atomic E-state index is 13.8. The van der Waals surface area contributed by atoms with Crippen molar-refractivity contribution in [1.29, 1.82) is 0 Å². The molecular formula is C17H14ClF2NO3. The van der Waals surface area contributed by atoms with E-state index in [-0.39, 0.29) is 17.0 Å². The Kier molecular flexibility index (Phi) is 5.87. The third-order valence-corrected chi connectivity index (χ3v) is 3.68. The Morgan fingerprint density at radius 1 is 1.17 bits per heavy atom. The monoisotopic (exact) mass is 353 g/mol. The average Bonchev–Trinajstić information content (AvgIpc) is 2.54. The van der Waals surface area contributed by atoms with Gasteiger partial charge < -0.3 is 10.1 Å². The first kappa shape index (κ1) is 17.9. The number of nitrogens with one attached hydrogen (secondary N) is 1. The van der Waals surface area contributed by atoms with Gasteiger partial charge in [-0.1, -0.05) is 29.8 Å². The molecule has 2 aromatic carbocycles. The van der Waals surface area contributed by atoms with E-state index in [0.717, 1.165) is 6.07 Å². The van der Waals surface area contributed by atoms with Gasteiger partial charge in [0.25, 0.3) is 5.91 Å². The van der Waals surface area contributed by atoms with Gasteiger partial charge in [-0.15, -0.1) is 0 Å². The molecule has 4 nitrogen and oxygen atoms in total. The van der Waals surface area contributed by atoms with E-state index in [1.807, 2.05) is 0 Å². The molecule has 0 aliphatic heterocycles. The number of esters is 1. The van der Waals surface area contributed by atoms with Crippen LogP contribution in [0.5, 0.6) is 0 Å². The third-order valence-electron chi connectivity index (χ3n) is 3.37. The lowest BCUT2D eigenvalue weighted by Gasteiger charge is -2.19.